The summed E-state index contributed by atoms with van der Waals surface area (Å²) in [4.78, 5) is 25.0. The number of hydrogen-bond acceptors (Lipinski definition) is 4. The molecule has 0 bridgehead atoms. The van der Waals surface area contributed by atoms with Crippen LogP contribution in [0.15, 0.2) is 54.6 Å². The van der Waals surface area contributed by atoms with Crippen molar-refractivity contribution in [3.63, 3.8) is 0 Å². The molecular formula is C21H25ClN2O3S. The van der Waals surface area contributed by atoms with Crippen LogP contribution in [-0.4, -0.2) is 36.5 Å². The number of carbonyl (C=O) groups excluding carboxylic acids is 2. The van der Waals surface area contributed by atoms with Crippen molar-refractivity contribution in [3.8, 4) is 5.75 Å². The molecule has 5 nitrogen and oxygen atoms in total. The highest BCUT2D eigenvalue weighted by molar-refractivity contribution is 7.98. The van der Waals surface area contributed by atoms with Gasteiger partial charge in [0.2, 0.25) is 5.91 Å². The highest BCUT2D eigenvalue weighted by atomic mass is 35.5. The van der Waals surface area contributed by atoms with Crippen molar-refractivity contribution in [2.45, 2.75) is 25.4 Å². The summed E-state index contributed by atoms with van der Waals surface area (Å²) in [6.07, 6.45) is 2.50. The third-order valence-electron chi connectivity index (χ3n) is 4.08. The normalized spacial score (nSPS) is 12.7. The molecule has 2 aromatic carbocycles. The fourth-order valence-corrected chi connectivity index (χ4v) is 3.25. The maximum absolute atomic E-state index is 12.7. The van der Waals surface area contributed by atoms with Gasteiger partial charge in [-0.3, -0.25) is 9.59 Å². The summed E-state index contributed by atoms with van der Waals surface area (Å²) in [5.74, 6) is 0.802. The zero-order chi connectivity index (χ0) is 20.4. The molecular weight excluding hydrogens is 396 g/mol. The number of carbonyl (C=O) groups is 2. The van der Waals surface area contributed by atoms with E-state index < -0.39 is 6.04 Å². The molecule has 150 valence electrons. The van der Waals surface area contributed by atoms with Crippen LogP contribution in [0.4, 0.5) is 0 Å². The Morgan fingerprint density at radius 3 is 2.54 bits per heavy atom. The van der Waals surface area contributed by atoms with Crippen LogP contribution in [0.25, 0.3) is 0 Å². The number of hydrogen-bond donors (Lipinski definition) is 2. The van der Waals surface area contributed by atoms with Crippen LogP contribution in [0.3, 0.4) is 0 Å². The predicted octanol–water partition coefficient (Wildman–Crippen LogP) is 3.83. The van der Waals surface area contributed by atoms with Crippen LogP contribution in [0.5, 0.6) is 5.75 Å². The van der Waals surface area contributed by atoms with E-state index in [2.05, 4.69) is 10.6 Å². The summed E-state index contributed by atoms with van der Waals surface area (Å²) in [7, 11) is 0. The Balaban J connectivity index is 1.93. The maximum Gasteiger partial charge on any atom is 0.258 e. The van der Waals surface area contributed by atoms with Crippen LogP contribution < -0.4 is 15.4 Å². The highest BCUT2D eigenvalue weighted by Gasteiger charge is 2.22. The third kappa shape index (κ3) is 7.44. The van der Waals surface area contributed by atoms with Crippen molar-refractivity contribution in [3.05, 3.63) is 65.2 Å². The van der Waals surface area contributed by atoms with Gasteiger partial charge in [0.15, 0.2) is 6.61 Å². The highest BCUT2D eigenvalue weighted by Crippen LogP contribution is 2.17. The minimum Gasteiger partial charge on any atom is -0.484 e. The van der Waals surface area contributed by atoms with Gasteiger partial charge in [-0.25, -0.2) is 0 Å². The number of rotatable bonds is 10. The summed E-state index contributed by atoms with van der Waals surface area (Å²) in [5.41, 5.74) is 0.906. The monoisotopic (exact) mass is 420 g/mol. The number of thioether (sulfide) groups is 1. The van der Waals surface area contributed by atoms with E-state index in [1.807, 2.05) is 49.6 Å². The smallest absolute Gasteiger partial charge is 0.258 e. The second-order valence-electron chi connectivity index (χ2n) is 6.29. The van der Waals surface area contributed by atoms with Gasteiger partial charge in [-0.05, 0) is 55.2 Å². The van der Waals surface area contributed by atoms with Crippen molar-refractivity contribution in [1.82, 2.24) is 10.6 Å². The van der Waals surface area contributed by atoms with Crippen LogP contribution in [0, 0.1) is 0 Å². The summed E-state index contributed by atoms with van der Waals surface area (Å²) in [6, 6.07) is 15.6. The quantitative estimate of drug-likeness (QED) is 0.613. The van der Waals surface area contributed by atoms with E-state index in [9.17, 15) is 9.59 Å². The first-order chi connectivity index (χ1) is 13.5. The van der Waals surface area contributed by atoms with E-state index in [1.165, 1.54) is 0 Å². The zero-order valence-corrected chi connectivity index (χ0v) is 17.6. The van der Waals surface area contributed by atoms with Gasteiger partial charge in [0.1, 0.15) is 11.8 Å². The Morgan fingerprint density at radius 2 is 1.86 bits per heavy atom. The van der Waals surface area contributed by atoms with Crippen molar-refractivity contribution >= 4 is 35.2 Å². The number of amides is 2. The molecule has 0 spiro atoms. The lowest BCUT2D eigenvalue weighted by Gasteiger charge is -2.21. The molecule has 2 rings (SSSR count). The van der Waals surface area contributed by atoms with Crippen molar-refractivity contribution in [2.24, 2.45) is 0 Å². The van der Waals surface area contributed by atoms with E-state index >= 15 is 0 Å². The third-order valence-corrected chi connectivity index (χ3v) is 4.96. The fourth-order valence-electron chi connectivity index (χ4n) is 2.58. The molecule has 0 aromatic heterocycles. The van der Waals surface area contributed by atoms with Gasteiger partial charge in [0, 0.05) is 5.02 Å². The molecule has 0 saturated heterocycles. The van der Waals surface area contributed by atoms with Crippen LogP contribution >= 0.6 is 23.4 Å². The first-order valence-electron chi connectivity index (χ1n) is 9.01. The molecule has 0 aliphatic carbocycles. The Labute approximate surface area is 175 Å². The van der Waals surface area contributed by atoms with Crippen LogP contribution in [0.2, 0.25) is 5.02 Å². The molecule has 0 aliphatic rings. The van der Waals surface area contributed by atoms with Crippen molar-refractivity contribution in [2.75, 3.05) is 18.6 Å². The van der Waals surface area contributed by atoms with E-state index in [4.69, 9.17) is 16.3 Å². The minimum atomic E-state index is -0.624. The Hall–Kier alpha value is -2.18. The number of benzene rings is 2. The molecule has 2 N–H and O–H groups in total. The lowest BCUT2D eigenvalue weighted by atomic mass is 10.1. The Morgan fingerprint density at radius 1 is 1.11 bits per heavy atom. The van der Waals surface area contributed by atoms with Gasteiger partial charge >= 0.3 is 0 Å². The standard InChI is InChI=1S/C21H25ClN2O3S/c1-15(16-7-6-8-17(22)13-16)23-21(26)19(11-12-28-2)24-20(25)14-27-18-9-4-3-5-10-18/h3-10,13,15,19H,11-12,14H2,1-2H3,(H,23,26)(H,24,25). The zero-order valence-electron chi connectivity index (χ0n) is 16.0. The lowest BCUT2D eigenvalue weighted by Crippen LogP contribution is -2.48. The van der Waals surface area contributed by atoms with E-state index in [0.29, 0.717) is 17.2 Å². The Bertz CT molecular complexity index is 773. The van der Waals surface area contributed by atoms with Gasteiger partial charge in [-0.1, -0.05) is 41.9 Å². The second kappa shape index (κ2) is 11.6. The van der Waals surface area contributed by atoms with E-state index in [-0.39, 0.29) is 24.5 Å². The van der Waals surface area contributed by atoms with Gasteiger partial charge in [-0.15, -0.1) is 0 Å². The summed E-state index contributed by atoms with van der Waals surface area (Å²) < 4.78 is 5.45. The van der Waals surface area contributed by atoms with Crippen molar-refractivity contribution in [1.29, 1.82) is 0 Å². The van der Waals surface area contributed by atoms with E-state index in [1.54, 1.807) is 30.0 Å². The van der Waals surface area contributed by atoms with Crippen molar-refractivity contribution < 1.29 is 14.3 Å². The SMILES string of the molecule is CSCCC(NC(=O)COc1ccccc1)C(=O)NC(C)c1cccc(Cl)c1. The van der Waals surface area contributed by atoms with Crippen LogP contribution in [0.1, 0.15) is 24.9 Å². The molecule has 28 heavy (non-hydrogen) atoms. The van der Waals surface area contributed by atoms with Crippen LogP contribution in [-0.2, 0) is 9.59 Å². The molecule has 0 aliphatic heterocycles. The summed E-state index contributed by atoms with van der Waals surface area (Å²) in [6.45, 7) is 1.74. The molecule has 0 fully saturated rings. The number of ether oxygens (including phenoxy) is 1. The topological polar surface area (TPSA) is 67.4 Å². The largest absolute Gasteiger partial charge is 0.484 e. The molecule has 0 heterocycles. The molecule has 0 radical (unpaired) electrons. The average molecular weight is 421 g/mol. The first-order valence-corrected chi connectivity index (χ1v) is 10.8. The average Bonchev–Trinajstić information content (AvgIpc) is 2.70. The van der Waals surface area contributed by atoms with Gasteiger partial charge in [0.05, 0.1) is 6.04 Å². The van der Waals surface area contributed by atoms with E-state index in [0.717, 1.165) is 11.3 Å². The number of halogens is 1. The molecule has 0 saturated carbocycles. The number of para-hydroxylation sites is 1. The summed E-state index contributed by atoms with van der Waals surface area (Å²) in [5, 5.41) is 6.34. The number of nitrogens with one attached hydrogen (secondary N) is 2. The fraction of sp³-hybridized carbons (Fsp3) is 0.333. The van der Waals surface area contributed by atoms with Gasteiger partial charge in [-0.2, -0.15) is 11.8 Å². The molecule has 7 heteroatoms. The Kier molecular flexibility index (Phi) is 9.17. The van der Waals surface area contributed by atoms with Gasteiger partial charge in [0.25, 0.3) is 5.91 Å². The predicted molar refractivity (Wildman–Crippen MR) is 115 cm³/mol. The maximum atomic E-state index is 12.7. The summed E-state index contributed by atoms with van der Waals surface area (Å²) >= 11 is 7.65. The minimum absolute atomic E-state index is 0.142. The molecule has 2 unspecified atom stereocenters. The lowest BCUT2D eigenvalue weighted by molar-refractivity contribution is -0.130. The first kappa shape index (κ1) is 22.1. The second-order valence-corrected chi connectivity index (χ2v) is 7.71. The molecule has 2 amide bonds. The molecule has 2 atom stereocenters. The van der Waals surface area contributed by atoms with Gasteiger partial charge < -0.3 is 15.4 Å². The molecule has 2 aromatic rings.